The van der Waals surface area contributed by atoms with Crippen LogP contribution in [0.25, 0.3) is 0 Å². The lowest BCUT2D eigenvalue weighted by Crippen LogP contribution is -2.11. The Bertz CT molecular complexity index is 653. The fourth-order valence-electron chi connectivity index (χ4n) is 1.54. The fourth-order valence-corrected chi connectivity index (χ4v) is 1.74. The Hall–Kier alpha value is -2.41. The number of anilines is 1. The number of hydrogen-bond acceptors (Lipinski definition) is 5. The second-order valence-electron chi connectivity index (χ2n) is 4.24. The number of benzene rings is 1. The van der Waals surface area contributed by atoms with Crippen LogP contribution in [0.3, 0.4) is 0 Å². The topological polar surface area (TPSA) is 73.1 Å². The van der Waals surface area contributed by atoms with Crippen LogP contribution in [0.5, 0.6) is 5.88 Å². The van der Waals surface area contributed by atoms with Gasteiger partial charge >= 0.3 is 0 Å². The van der Waals surface area contributed by atoms with Crippen LogP contribution in [0.4, 0.5) is 14.5 Å². The molecule has 5 nitrogen and oxygen atoms in total. The molecule has 0 fully saturated rings. The summed E-state index contributed by atoms with van der Waals surface area (Å²) in [6, 6.07) is 5.83. The predicted octanol–water partition coefficient (Wildman–Crippen LogP) is 3.36. The molecule has 2 rings (SSSR count). The number of halogens is 3. The average molecular weight is 327 g/mol. The van der Waals surface area contributed by atoms with Gasteiger partial charge in [-0.1, -0.05) is 11.6 Å². The molecule has 0 atom stereocenters. The number of nitrogens with two attached hydrogens (primary N) is 1. The third-order valence-electron chi connectivity index (χ3n) is 2.60. The molecule has 0 saturated heterocycles. The molecule has 0 amide bonds. The van der Waals surface area contributed by atoms with Crippen LogP contribution in [0.15, 0.2) is 48.7 Å². The molecule has 1 aromatic heterocycles. The fraction of sp³-hybridized carbons (Fsp3) is 0.143. The summed E-state index contributed by atoms with van der Waals surface area (Å²) in [7, 11) is 0. The predicted molar refractivity (Wildman–Crippen MR) is 79.8 cm³/mol. The summed E-state index contributed by atoms with van der Waals surface area (Å²) in [5.74, 6) is 0.387. The Labute approximate surface area is 130 Å². The van der Waals surface area contributed by atoms with Gasteiger partial charge in [0.05, 0.1) is 5.70 Å². The van der Waals surface area contributed by atoms with Gasteiger partial charge in [-0.3, -0.25) is 0 Å². The van der Waals surface area contributed by atoms with E-state index >= 15 is 0 Å². The molecule has 0 saturated carbocycles. The Kier molecular flexibility index (Phi) is 5.48. The van der Waals surface area contributed by atoms with Gasteiger partial charge in [-0.15, -0.1) is 0 Å². The second kappa shape index (κ2) is 7.56. The zero-order valence-electron chi connectivity index (χ0n) is 11.3. The summed E-state index contributed by atoms with van der Waals surface area (Å²) < 4.78 is 30.8. The number of ether oxygens (including phenoxy) is 1. The molecule has 0 unspecified atom stereocenters. The zero-order valence-corrected chi connectivity index (χ0v) is 12.1. The number of nitrogens with one attached hydrogen (secondary N) is 1. The molecule has 8 heteroatoms. The highest BCUT2D eigenvalue weighted by molar-refractivity contribution is 6.31. The van der Waals surface area contributed by atoms with Crippen LogP contribution >= 0.6 is 11.6 Å². The summed E-state index contributed by atoms with van der Waals surface area (Å²) in [6.07, 6.45) is 1.71. The first-order valence-corrected chi connectivity index (χ1v) is 6.61. The minimum atomic E-state index is -2.64. The van der Waals surface area contributed by atoms with Crippen molar-refractivity contribution < 1.29 is 13.5 Å². The van der Waals surface area contributed by atoms with Gasteiger partial charge in [-0.25, -0.2) is 18.7 Å². The normalized spacial score (nSPS) is 11.5. The maximum Gasteiger partial charge on any atom is 0.265 e. The molecular weight excluding hydrogens is 314 g/mol. The van der Waals surface area contributed by atoms with E-state index in [1.54, 1.807) is 18.3 Å². The van der Waals surface area contributed by atoms with Crippen LogP contribution in [0, 0.1) is 0 Å². The molecule has 3 N–H and O–H groups in total. The van der Waals surface area contributed by atoms with Gasteiger partial charge in [0.1, 0.15) is 12.9 Å². The van der Waals surface area contributed by atoms with E-state index in [1.807, 2.05) is 0 Å². The Morgan fingerprint density at radius 3 is 2.91 bits per heavy atom. The van der Waals surface area contributed by atoms with Crippen molar-refractivity contribution in [1.29, 1.82) is 0 Å². The monoisotopic (exact) mass is 326 g/mol. The summed E-state index contributed by atoms with van der Waals surface area (Å²) in [5, 5.41) is 2.83. The van der Waals surface area contributed by atoms with E-state index in [9.17, 15) is 8.78 Å². The average Bonchev–Trinajstić information content (AvgIpc) is 2.53. The molecule has 0 aliphatic heterocycles. The lowest BCUT2D eigenvalue weighted by atomic mass is 10.2. The van der Waals surface area contributed by atoms with Crippen molar-refractivity contribution in [3.63, 3.8) is 0 Å². The molecule has 22 heavy (non-hydrogen) atoms. The largest absolute Gasteiger partial charge is 0.471 e. The van der Waals surface area contributed by atoms with Crippen molar-refractivity contribution in [3.8, 4) is 5.88 Å². The number of nitrogens with zero attached hydrogens (tertiary/aromatic N) is 2. The highest BCUT2D eigenvalue weighted by atomic mass is 35.5. The molecule has 0 radical (unpaired) electrons. The quantitative estimate of drug-likeness (QED) is 0.851. The molecule has 0 spiro atoms. The van der Waals surface area contributed by atoms with Crippen molar-refractivity contribution in [2.45, 2.75) is 6.43 Å². The van der Waals surface area contributed by atoms with Crippen LogP contribution in [-0.4, -0.2) is 16.6 Å². The lowest BCUT2D eigenvalue weighted by molar-refractivity contribution is 0.151. The molecule has 1 aromatic carbocycles. The number of alkyl halides is 2. The molecule has 0 aliphatic carbocycles. The van der Waals surface area contributed by atoms with E-state index in [-0.39, 0.29) is 17.2 Å². The first-order valence-electron chi connectivity index (χ1n) is 6.23. The van der Waals surface area contributed by atoms with Gasteiger partial charge in [0.15, 0.2) is 0 Å². The molecule has 116 valence electrons. The SMILES string of the molecule is N/C(=C\Nc1ccc(Cl)c(C(F)F)c1)COc1ccncn1. The molecule has 1 heterocycles. The van der Waals surface area contributed by atoms with Crippen molar-refractivity contribution in [1.82, 2.24) is 9.97 Å². The van der Waals surface area contributed by atoms with Crippen molar-refractivity contribution in [2.75, 3.05) is 11.9 Å². The van der Waals surface area contributed by atoms with Crippen LogP contribution in [0.1, 0.15) is 12.0 Å². The summed E-state index contributed by atoms with van der Waals surface area (Å²) in [4.78, 5) is 7.63. The standard InChI is InChI=1S/C14H13ClF2N4O/c15-12-2-1-10(5-11(12)14(16)17)20-6-9(18)7-22-13-3-4-19-8-21-13/h1-6,8,14,20H,7,18H2/b9-6-. The Balaban J connectivity index is 1.94. The van der Waals surface area contributed by atoms with Gasteiger partial charge in [0, 0.05) is 34.7 Å². The van der Waals surface area contributed by atoms with Gasteiger partial charge in [-0.2, -0.15) is 0 Å². The van der Waals surface area contributed by atoms with Crippen molar-refractivity contribution >= 4 is 17.3 Å². The van der Waals surface area contributed by atoms with E-state index in [0.29, 0.717) is 17.3 Å². The van der Waals surface area contributed by atoms with Gasteiger partial charge in [0.2, 0.25) is 5.88 Å². The van der Waals surface area contributed by atoms with E-state index in [1.165, 1.54) is 24.7 Å². The Morgan fingerprint density at radius 2 is 2.23 bits per heavy atom. The first-order chi connectivity index (χ1) is 10.6. The Morgan fingerprint density at radius 1 is 1.41 bits per heavy atom. The number of hydrogen-bond donors (Lipinski definition) is 2. The lowest BCUT2D eigenvalue weighted by Gasteiger charge is -2.08. The maximum absolute atomic E-state index is 12.7. The van der Waals surface area contributed by atoms with Gasteiger partial charge in [0.25, 0.3) is 6.43 Å². The van der Waals surface area contributed by atoms with Crippen molar-refractivity contribution in [3.05, 3.63) is 59.3 Å². The third-order valence-corrected chi connectivity index (χ3v) is 2.94. The molecule has 2 aromatic rings. The van der Waals surface area contributed by atoms with E-state index < -0.39 is 6.43 Å². The highest BCUT2D eigenvalue weighted by Crippen LogP contribution is 2.29. The van der Waals surface area contributed by atoms with E-state index in [4.69, 9.17) is 22.1 Å². The first kappa shape index (κ1) is 16.0. The van der Waals surface area contributed by atoms with Crippen LogP contribution in [0.2, 0.25) is 5.02 Å². The highest BCUT2D eigenvalue weighted by Gasteiger charge is 2.12. The zero-order chi connectivity index (χ0) is 15.9. The van der Waals surface area contributed by atoms with Gasteiger partial charge < -0.3 is 15.8 Å². The van der Waals surface area contributed by atoms with E-state index in [0.717, 1.165) is 0 Å². The summed E-state index contributed by atoms with van der Waals surface area (Å²) >= 11 is 5.69. The van der Waals surface area contributed by atoms with Crippen LogP contribution < -0.4 is 15.8 Å². The minimum Gasteiger partial charge on any atom is -0.471 e. The summed E-state index contributed by atoms with van der Waals surface area (Å²) in [5.41, 5.74) is 6.33. The van der Waals surface area contributed by atoms with E-state index in [2.05, 4.69) is 15.3 Å². The van der Waals surface area contributed by atoms with Gasteiger partial charge in [-0.05, 0) is 18.2 Å². The number of aromatic nitrogens is 2. The molecule has 0 bridgehead atoms. The van der Waals surface area contributed by atoms with Crippen molar-refractivity contribution in [2.24, 2.45) is 5.73 Å². The smallest absolute Gasteiger partial charge is 0.265 e. The summed E-state index contributed by atoms with van der Waals surface area (Å²) in [6.45, 7) is 0.0965. The maximum atomic E-state index is 12.7. The minimum absolute atomic E-state index is 0.0181. The second-order valence-corrected chi connectivity index (χ2v) is 4.64. The molecular formula is C14H13ClF2N4O. The van der Waals surface area contributed by atoms with Crippen LogP contribution in [-0.2, 0) is 0 Å². The third kappa shape index (κ3) is 4.56. The molecule has 0 aliphatic rings. The number of rotatable bonds is 6.